The molecule has 4 N–H and O–H groups in total. The van der Waals surface area contributed by atoms with Crippen molar-refractivity contribution in [3.63, 3.8) is 0 Å². The molecule has 1 heterocycles. The van der Waals surface area contributed by atoms with Gasteiger partial charge in [-0.15, -0.1) is 0 Å². The van der Waals surface area contributed by atoms with Crippen molar-refractivity contribution in [2.24, 2.45) is 0 Å². The van der Waals surface area contributed by atoms with Crippen molar-refractivity contribution in [3.05, 3.63) is 36.5 Å². The summed E-state index contributed by atoms with van der Waals surface area (Å²) in [4.78, 5) is 25.6. The Kier molecular flexibility index (Phi) is 3.98. The number of phenolic OH excluding ortho intramolecular Hbond substituents is 1. The van der Waals surface area contributed by atoms with Gasteiger partial charge in [-0.1, -0.05) is 18.2 Å². The van der Waals surface area contributed by atoms with Gasteiger partial charge in [0, 0.05) is 11.6 Å². The summed E-state index contributed by atoms with van der Waals surface area (Å²) in [6.45, 7) is 0. The zero-order valence-corrected chi connectivity index (χ0v) is 8.95. The van der Waals surface area contributed by atoms with E-state index in [0.717, 1.165) is 5.39 Å². The first-order valence-electron chi connectivity index (χ1n) is 4.19. The SMILES string of the molecule is O=P(O)(O)O.Oc1cccc2cccnc12. The van der Waals surface area contributed by atoms with E-state index < -0.39 is 7.82 Å². The minimum atomic E-state index is -4.64. The van der Waals surface area contributed by atoms with E-state index >= 15 is 0 Å². The normalized spacial score (nSPS) is 10.7. The standard InChI is InChI=1S/C9H7NO.H3O4P/c11-8-5-1-3-7-4-2-6-10-9(7)8;1-5(2,3)4/h1-6,11H;(H3,1,2,3,4). The van der Waals surface area contributed by atoms with Crippen LogP contribution in [0.3, 0.4) is 0 Å². The van der Waals surface area contributed by atoms with Crippen molar-refractivity contribution in [1.29, 1.82) is 0 Å². The van der Waals surface area contributed by atoms with Crippen molar-refractivity contribution in [1.82, 2.24) is 4.98 Å². The topological polar surface area (TPSA) is 111 Å². The van der Waals surface area contributed by atoms with Crippen LogP contribution in [0.2, 0.25) is 0 Å². The fourth-order valence-corrected chi connectivity index (χ4v) is 1.09. The fraction of sp³-hybridized carbons (Fsp3) is 0. The second-order valence-electron chi connectivity index (χ2n) is 2.87. The molecule has 6 nitrogen and oxygen atoms in total. The number of rotatable bonds is 0. The monoisotopic (exact) mass is 243 g/mol. The molecule has 0 unspecified atom stereocenters. The van der Waals surface area contributed by atoms with Gasteiger partial charge in [-0.05, 0) is 12.1 Å². The summed E-state index contributed by atoms with van der Waals surface area (Å²) in [7, 11) is -4.64. The van der Waals surface area contributed by atoms with Crippen molar-refractivity contribution in [2.45, 2.75) is 0 Å². The smallest absolute Gasteiger partial charge is 0.466 e. The predicted octanol–water partition coefficient (Wildman–Crippen LogP) is 1.01. The molecule has 0 bridgehead atoms. The maximum atomic E-state index is 9.31. The summed E-state index contributed by atoms with van der Waals surface area (Å²) in [5.41, 5.74) is 0.662. The highest BCUT2D eigenvalue weighted by Crippen LogP contribution is 2.25. The van der Waals surface area contributed by atoms with Crippen molar-refractivity contribution < 1.29 is 24.4 Å². The maximum absolute atomic E-state index is 9.31. The number of phenols is 1. The lowest BCUT2D eigenvalue weighted by Gasteiger charge is -1.96. The first kappa shape index (κ1) is 12.6. The number of hydrogen-bond donors (Lipinski definition) is 4. The summed E-state index contributed by atoms with van der Waals surface area (Å²) >= 11 is 0. The Hall–Kier alpha value is -1.46. The van der Waals surface area contributed by atoms with E-state index in [1.165, 1.54) is 0 Å². The average Bonchev–Trinajstić information content (AvgIpc) is 2.16. The van der Waals surface area contributed by atoms with Crippen LogP contribution in [0.15, 0.2) is 36.5 Å². The maximum Gasteiger partial charge on any atom is 0.466 e. The Balaban J connectivity index is 0.000000221. The molecule has 2 rings (SSSR count). The van der Waals surface area contributed by atoms with E-state index in [9.17, 15) is 5.11 Å². The molecule has 0 fully saturated rings. The van der Waals surface area contributed by atoms with E-state index in [2.05, 4.69) is 4.98 Å². The van der Waals surface area contributed by atoms with Crippen LogP contribution < -0.4 is 0 Å². The van der Waals surface area contributed by atoms with Gasteiger partial charge >= 0.3 is 7.82 Å². The molecule has 0 atom stereocenters. The molecule has 86 valence electrons. The molecule has 0 amide bonds. The van der Waals surface area contributed by atoms with Gasteiger partial charge in [0.2, 0.25) is 0 Å². The zero-order valence-electron chi connectivity index (χ0n) is 8.06. The van der Waals surface area contributed by atoms with Gasteiger partial charge in [0.1, 0.15) is 11.3 Å². The summed E-state index contributed by atoms with van der Waals surface area (Å²) in [6, 6.07) is 9.13. The third-order valence-electron chi connectivity index (χ3n) is 1.61. The molecule has 1 aromatic carbocycles. The van der Waals surface area contributed by atoms with Gasteiger partial charge in [-0.2, -0.15) is 0 Å². The Morgan fingerprint density at radius 2 is 1.62 bits per heavy atom. The number of pyridine rings is 1. The van der Waals surface area contributed by atoms with E-state index in [-0.39, 0.29) is 5.75 Å². The van der Waals surface area contributed by atoms with Gasteiger partial charge < -0.3 is 19.8 Å². The van der Waals surface area contributed by atoms with Gasteiger partial charge in [-0.3, -0.25) is 4.98 Å². The van der Waals surface area contributed by atoms with E-state index in [0.29, 0.717) is 5.52 Å². The molecule has 1 aromatic heterocycles. The Morgan fingerprint density at radius 1 is 1.06 bits per heavy atom. The fourth-order valence-electron chi connectivity index (χ4n) is 1.09. The van der Waals surface area contributed by atoms with Gasteiger partial charge in [0.25, 0.3) is 0 Å². The van der Waals surface area contributed by atoms with Crippen molar-refractivity contribution in [2.75, 3.05) is 0 Å². The van der Waals surface area contributed by atoms with Gasteiger partial charge in [0.05, 0.1) is 0 Å². The molecular weight excluding hydrogens is 233 g/mol. The minimum Gasteiger partial charge on any atom is -0.506 e. The number of nitrogens with zero attached hydrogens (tertiary/aromatic N) is 1. The third kappa shape index (κ3) is 4.37. The second-order valence-corrected chi connectivity index (χ2v) is 3.89. The lowest BCUT2D eigenvalue weighted by molar-refractivity contribution is 0.275. The molecule has 7 heteroatoms. The van der Waals surface area contributed by atoms with Crippen molar-refractivity contribution >= 4 is 18.7 Å². The molecule has 16 heavy (non-hydrogen) atoms. The Labute approximate surface area is 91.1 Å². The lowest BCUT2D eigenvalue weighted by Crippen LogP contribution is -1.76. The highest BCUT2D eigenvalue weighted by molar-refractivity contribution is 7.45. The number of phosphoric acid groups is 1. The Bertz CT molecular complexity index is 511. The third-order valence-corrected chi connectivity index (χ3v) is 1.61. The highest BCUT2D eigenvalue weighted by atomic mass is 31.2. The second kappa shape index (κ2) is 5.05. The average molecular weight is 243 g/mol. The van der Waals surface area contributed by atoms with Crippen LogP contribution in [-0.2, 0) is 4.57 Å². The zero-order chi connectivity index (χ0) is 12.2. The number of fused-ring (bicyclic) bond motifs is 1. The first-order valence-corrected chi connectivity index (χ1v) is 5.75. The van der Waals surface area contributed by atoms with Crippen LogP contribution in [0.25, 0.3) is 10.9 Å². The number of aromatic nitrogens is 1. The summed E-state index contributed by atoms with van der Waals surface area (Å²) < 4.78 is 8.88. The molecule has 0 aliphatic rings. The van der Waals surface area contributed by atoms with Crippen LogP contribution in [0.4, 0.5) is 0 Å². The quantitative estimate of drug-likeness (QED) is 0.514. The van der Waals surface area contributed by atoms with Crippen LogP contribution in [0.5, 0.6) is 5.75 Å². The number of hydrogen-bond acceptors (Lipinski definition) is 3. The molecule has 0 saturated carbocycles. The van der Waals surface area contributed by atoms with Crippen LogP contribution in [-0.4, -0.2) is 24.8 Å². The number of para-hydroxylation sites is 1. The van der Waals surface area contributed by atoms with E-state index in [1.807, 2.05) is 18.2 Å². The minimum absolute atomic E-state index is 0.239. The molecule has 0 aliphatic heterocycles. The summed E-state index contributed by atoms with van der Waals surface area (Å²) in [6.07, 6.45) is 1.67. The predicted molar refractivity (Wildman–Crippen MR) is 57.7 cm³/mol. The summed E-state index contributed by atoms with van der Waals surface area (Å²) in [5.74, 6) is 0.239. The van der Waals surface area contributed by atoms with E-state index in [1.54, 1.807) is 18.3 Å². The Morgan fingerprint density at radius 3 is 2.19 bits per heavy atom. The highest BCUT2D eigenvalue weighted by Gasteiger charge is 2.00. The first-order chi connectivity index (χ1) is 7.38. The van der Waals surface area contributed by atoms with Crippen LogP contribution in [0.1, 0.15) is 0 Å². The lowest BCUT2D eigenvalue weighted by atomic mass is 10.2. The molecule has 0 saturated heterocycles. The number of aromatic hydroxyl groups is 1. The molecule has 0 spiro atoms. The van der Waals surface area contributed by atoms with Gasteiger partial charge in [0.15, 0.2) is 0 Å². The van der Waals surface area contributed by atoms with Crippen LogP contribution >= 0.6 is 7.82 Å². The van der Waals surface area contributed by atoms with E-state index in [4.69, 9.17) is 19.2 Å². The van der Waals surface area contributed by atoms with Crippen molar-refractivity contribution in [3.8, 4) is 5.75 Å². The molecular formula is C9H10NO5P. The number of benzene rings is 1. The summed E-state index contributed by atoms with van der Waals surface area (Å²) in [5, 5.41) is 10.3. The molecule has 0 radical (unpaired) electrons. The molecule has 2 aromatic rings. The largest absolute Gasteiger partial charge is 0.506 e. The van der Waals surface area contributed by atoms with Crippen LogP contribution in [0, 0.1) is 0 Å². The molecule has 0 aliphatic carbocycles. The van der Waals surface area contributed by atoms with Gasteiger partial charge in [-0.25, -0.2) is 4.57 Å².